The fraction of sp³-hybridized carbons (Fsp3) is 0.717. The average molecular weight is 1150 g/mol. The Kier molecular flexibility index (Phi) is 22.3. The summed E-state index contributed by atoms with van der Waals surface area (Å²) in [7, 11) is 4.97. The van der Waals surface area contributed by atoms with Crippen LogP contribution in [0.15, 0.2) is 42.5 Å². The van der Waals surface area contributed by atoms with Crippen molar-refractivity contribution in [3.8, 4) is 5.75 Å². The molecular formula is C60H93ClN4O15. The molecule has 3 aliphatic heterocycles. The molecule has 0 radical (unpaired) electrons. The van der Waals surface area contributed by atoms with Gasteiger partial charge in [-0.05, 0) is 149 Å². The van der Waals surface area contributed by atoms with E-state index in [1.807, 2.05) is 50.6 Å². The number of hydrogen-bond donors (Lipinski definition) is 6. The Balaban J connectivity index is 1.30. The fourth-order valence-electron chi connectivity index (χ4n) is 12.6. The van der Waals surface area contributed by atoms with Gasteiger partial charge in [0.15, 0.2) is 12.6 Å². The van der Waals surface area contributed by atoms with Gasteiger partial charge < -0.3 is 68.9 Å². The van der Waals surface area contributed by atoms with E-state index in [4.69, 9.17) is 44.8 Å². The minimum Gasteiger partial charge on any atom is -0.497 e. The van der Waals surface area contributed by atoms with Gasteiger partial charge in [-0.1, -0.05) is 39.3 Å². The topological polar surface area (TPSA) is 240 Å². The van der Waals surface area contributed by atoms with Crippen molar-refractivity contribution < 1.29 is 73.1 Å². The number of likely N-dealkylation sites (N-methyl/N-ethyl adjacent to an activating group) is 1. The standard InChI is InChI=1S/C60H93ClN4O15/c1-16-47-60(12,73)52(68)38(8)64(26-18-25-62-48(66)29-43-37(7)65(45-24-23-42(74-14)28-44(43)45)55(70)40-19-21-41(61)22-20-40)32-33(3)30-58(10,72)54(80-57-50(67)46(63(13)17-2)27-34(4)76-57)35(5)51(36(6)56(71)78-47)79-49-31-59(11,75-15)53(69)39(9)77-49/h19-24,28,33-36,38-39,46-47,49-54,57,67-69,72-73H,16-18,25-27,29-32H2,1-15H3,(H,62,66)/t33-,34-,35+,36-,38-,39+,46+,47-,49+,50-,51+,52-,53+,54-,57+,58-,59-,60-/m1/s1. The number of cyclic esters (lactones) is 1. The molecule has 3 aromatic rings. The van der Waals surface area contributed by atoms with E-state index in [1.54, 1.807) is 96.5 Å². The van der Waals surface area contributed by atoms with E-state index in [0.29, 0.717) is 71.0 Å². The number of aliphatic hydroxyl groups is 5. The third-order valence-corrected chi connectivity index (χ3v) is 17.8. The molecular weight excluding hydrogens is 1050 g/mol. The molecule has 3 fully saturated rings. The number of esters is 1. The Morgan fingerprint density at radius 1 is 0.925 bits per heavy atom. The molecule has 1 aromatic heterocycles. The van der Waals surface area contributed by atoms with Crippen molar-refractivity contribution >= 4 is 40.3 Å². The van der Waals surface area contributed by atoms with Gasteiger partial charge in [0.25, 0.3) is 5.91 Å². The molecule has 4 heterocycles. The van der Waals surface area contributed by atoms with Crippen molar-refractivity contribution in [1.29, 1.82) is 0 Å². The summed E-state index contributed by atoms with van der Waals surface area (Å²) < 4.78 is 45.5. The van der Waals surface area contributed by atoms with Crippen LogP contribution < -0.4 is 10.1 Å². The number of methoxy groups -OCH3 is 2. The van der Waals surface area contributed by atoms with Gasteiger partial charge in [-0.25, -0.2) is 0 Å². The number of halogens is 1. The van der Waals surface area contributed by atoms with Gasteiger partial charge in [-0.15, -0.1) is 0 Å². The van der Waals surface area contributed by atoms with Crippen LogP contribution in [0.3, 0.4) is 0 Å². The minimum absolute atomic E-state index is 0.0340. The monoisotopic (exact) mass is 1140 g/mol. The summed E-state index contributed by atoms with van der Waals surface area (Å²) in [5, 5.41) is 65.1. The maximum atomic E-state index is 14.7. The van der Waals surface area contributed by atoms with E-state index in [9.17, 15) is 39.9 Å². The van der Waals surface area contributed by atoms with Gasteiger partial charge in [-0.2, -0.15) is 0 Å². The van der Waals surface area contributed by atoms with E-state index in [-0.39, 0.29) is 62.1 Å². The summed E-state index contributed by atoms with van der Waals surface area (Å²) in [6.45, 7) is 22.7. The Morgan fingerprint density at radius 3 is 2.23 bits per heavy atom. The molecule has 19 nitrogen and oxygen atoms in total. The van der Waals surface area contributed by atoms with E-state index in [0.717, 1.165) is 0 Å². The molecule has 1 amide bonds. The number of carbonyl (C=O) groups is 3. The number of fused-ring (bicyclic) bond motifs is 1. The molecule has 2 aromatic carbocycles. The van der Waals surface area contributed by atoms with Gasteiger partial charge in [-0.3, -0.25) is 23.9 Å². The van der Waals surface area contributed by atoms with Gasteiger partial charge in [0.1, 0.15) is 35.8 Å². The van der Waals surface area contributed by atoms with E-state index < -0.39 is 96.0 Å². The normalized spacial score (nSPS) is 36.3. The van der Waals surface area contributed by atoms with Crippen LogP contribution in [0.2, 0.25) is 5.02 Å². The third kappa shape index (κ3) is 14.6. The number of rotatable bonds is 16. The molecule has 0 bridgehead atoms. The highest BCUT2D eigenvalue weighted by atomic mass is 35.5. The summed E-state index contributed by atoms with van der Waals surface area (Å²) in [5.41, 5.74) is -2.44. The number of nitrogens with one attached hydrogen (secondary N) is 1. The predicted molar refractivity (Wildman–Crippen MR) is 303 cm³/mol. The first-order chi connectivity index (χ1) is 37.5. The lowest BCUT2D eigenvalue weighted by atomic mass is 9.77. The fourth-order valence-corrected chi connectivity index (χ4v) is 12.7. The molecule has 20 heteroatoms. The second kappa shape index (κ2) is 27.3. The van der Waals surface area contributed by atoms with Crippen molar-refractivity contribution in [1.82, 2.24) is 19.7 Å². The van der Waals surface area contributed by atoms with E-state index in [1.165, 1.54) is 14.0 Å². The van der Waals surface area contributed by atoms with Crippen LogP contribution in [0, 0.1) is 24.7 Å². The summed E-state index contributed by atoms with van der Waals surface area (Å²) in [4.78, 5) is 46.6. The molecule has 3 saturated heterocycles. The second-order valence-electron chi connectivity index (χ2n) is 23.8. The van der Waals surface area contributed by atoms with Gasteiger partial charge in [0, 0.05) is 72.8 Å². The van der Waals surface area contributed by atoms with Crippen molar-refractivity contribution in [3.63, 3.8) is 0 Å². The highest BCUT2D eigenvalue weighted by molar-refractivity contribution is 6.30. The molecule has 6 rings (SSSR count). The molecule has 450 valence electrons. The summed E-state index contributed by atoms with van der Waals surface area (Å²) >= 11 is 6.14. The molecule has 0 saturated carbocycles. The van der Waals surface area contributed by atoms with Crippen LogP contribution in [0.4, 0.5) is 0 Å². The smallest absolute Gasteiger partial charge is 0.311 e. The van der Waals surface area contributed by atoms with E-state index in [2.05, 4.69) is 5.32 Å². The lowest BCUT2D eigenvalue weighted by Gasteiger charge is -2.49. The molecule has 6 N–H and O–H groups in total. The Bertz CT molecular complexity index is 2550. The van der Waals surface area contributed by atoms with Crippen LogP contribution in [-0.2, 0) is 44.4 Å². The number of aromatic nitrogens is 1. The zero-order valence-electron chi connectivity index (χ0n) is 49.8. The lowest BCUT2D eigenvalue weighted by molar-refractivity contribution is -0.318. The zero-order chi connectivity index (χ0) is 59.3. The summed E-state index contributed by atoms with van der Waals surface area (Å²) in [6.07, 6.45) is -9.08. The maximum absolute atomic E-state index is 14.7. The first kappa shape index (κ1) is 65.4. The Morgan fingerprint density at radius 2 is 1.60 bits per heavy atom. The second-order valence-corrected chi connectivity index (χ2v) is 24.2. The first-order valence-corrected chi connectivity index (χ1v) is 29.0. The maximum Gasteiger partial charge on any atom is 0.311 e. The number of benzene rings is 2. The van der Waals surface area contributed by atoms with Crippen molar-refractivity contribution in [2.24, 2.45) is 17.8 Å². The number of ether oxygens (including phenoxy) is 7. The Hall–Kier alpha value is -3.80. The Labute approximate surface area is 478 Å². The average Bonchev–Trinajstić information content (AvgIpc) is 3.79. The number of hydrogen-bond acceptors (Lipinski definition) is 17. The predicted octanol–water partition coefficient (Wildman–Crippen LogP) is 6.02. The highest BCUT2D eigenvalue weighted by Gasteiger charge is 2.53. The van der Waals surface area contributed by atoms with Gasteiger partial charge in [0.05, 0.1) is 60.6 Å². The molecule has 0 unspecified atom stereocenters. The van der Waals surface area contributed by atoms with Gasteiger partial charge >= 0.3 is 5.97 Å². The lowest BCUT2D eigenvalue weighted by Crippen LogP contribution is -2.60. The van der Waals surface area contributed by atoms with Crippen LogP contribution in [0.1, 0.15) is 130 Å². The number of aliphatic hydroxyl groups excluding tert-OH is 3. The molecule has 80 heavy (non-hydrogen) atoms. The van der Waals surface area contributed by atoms with E-state index >= 15 is 0 Å². The zero-order valence-corrected chi connectivity index (χ0v) is 50.6. The third-order valence-electron chi connectivity index (χ3n) is 17.6. The summed E-state index contributed by atoms with van der Waals surface area (Å²) in [6, 6.07) is 10.9. The van der Waals surface area contributed by atoms with Crippen LogP contribution in [0.5, 0.6) is 5.75 Å². The number of nitrogens with zero attached hydrogens (tertiary/aromatic N) is 3. The van der Waals surface area contributed by atoms with Crippen LogP contribution >= 0.6 is 11.6 Å². The number of amides is 1. The quantitative estimate of drug-likeness (QED) is 0.0710. The number of carbonyl (C=O) groups excluding carboxylic acids is 3. The van der Waals surface area contributed by atoms with Crippen molar-refractivity contribution in [3.05, 3.63) is 64.3 Å². The highest BCUT2D eigenvalue weighted by Crippen LogP contribution is 2.41. The minimum atomic E-state index is -1.97. The molecule has 18 atom stereocenters. The van der Waals surface area contributed by atoms with Gasteiger partial charge in [0.2, 0.25) is 5.91 Å². The van der Waals surface area contributed by atoms with Crippen molar-refractivity contribution in [2.45, 2.75) is 212 Å². The van der Waals surface area contributed by atoms with Crippen LogP contribution in [-0.4, -0.2) is 195 Å². The summed E-state index contributed by atoms with van der Waals surface area (Å²) in [5.74, 6) is -3.01. The van der Waals surface area contributed by atoms with Crippen molar-refractivity contribution in [2.75, 3.05) is 47.4 Å². The molecule has 0 aliphatic carbocycles. The van der Waals surface area contributed by atoms with Crippen LogP contribution in [0.25, 0.3) is 10.9 Å². The largest absolute Gasteiger partial charge is 0.497 e. The first-order valence-electron chi connectivity index (χ1n) is 28.6. The SMILES string of the molecule is CC[C@H]1OC(=O)[C@H](C)[C@@H](O[C@H]2C[C@@](C)(OC)[C@@H](O)[C@H](C)O2)[C@H](C)[C@@H](O[C@@H]2O[C@H](C)C[C@H](N(C)CC)[C@H]2O)[C@](C)(O)C[C@@H](C)CN(CCCNC(=O)Cc2c(C)n(C(=O)c3ccc(Cl)cc3)c3ccc(OC)cc23)[C@H](C)[C@@H](O)[C@]1(C)O. The molecule has 3 aliphatic rings. The molecule has 0 spiro atoms.